The van der Waals surface area contributed by atoms with Crippen LogP contribution in [0.15, 0.2) is 42.5 Å². The van der Waals surface area contributed by atoms with Crippen LogP contribution in [-0.2, 0) is 6.54 Å². The van der Waals surface area contributed by atoms with Gasteiger partial charge in [0.1, 0.15) is 5.82 Å². The zero-order valence-electron chi connectivity index (χ0n) is 13.6. The highest BCUT2D eigenvalue weighted by Gasteiger charge is 2.23. The summed E-state index contributed by atoms with van der Waals surface area (Å²) in [5.41, 5.74) is 1.46. The molecule has 4 nitrogen and oxygen atoms in total. The SMILES string of the molecule is N#Cc1ccc(F)c(CN2CCN(C(=O)c3ccccc3Cl)CC2)c1. The fourth-order valence-electron chi connectivity index (χ4n) is 2.92. The fourth-order valence-corrected chi connectivity index (χ4v) is 3.14. The highest BCUT2D eigenvalue weighted by atomic mass is 35.5. The van der Waals surface area contributed by atoms with Crippen LogP contribution < -0.4 is 0 Å². The second-order valence-electron chi connectivity index (χ2n) is 5.97. The lowest BCUT2D eigenvalue weighted by Gasteiger charge is -2.35. The Balaban J connectivity index is 1.62. The summed E-state index contributed by atoms with van der Waals surface area (Å²) in [5, 5.41) is 9.39. The molecule has 0 unspecified atom stereocenters. The van der Waals surface area contributed by atoms with E-state index in [4.69, 9.17) is 16.9 Å². The van der Waals surface area contributed by atoms with Crippen molar-refractivity contribution in [1.82, 2.24) is 9.80 Å². The maximum absolute atomic E-state index is 13.9. The largest absolute Gasteiger partial charge is 0.336 e. The Morgan fingerprint density at radius 2 is 1.88 bits per heavy atom. The summed E-state index contributed by atoms with van der Waals surface area (Å²) in [6.45, 7) is 2.83. The predicted molar refractivity (Wildman–Crippen MR) is 93.7 cm³/mol. The standard InChI is InChI=1S/C19H17ClFN3O/c20-17-4-2-1-3-16(17)19(25)24-9-7-23(8-10-24)13-15-11-14(12-22)5-6-18(15)21/h1-6,11H,7-10,13H2. The van der Waals surface area contributed by atoms with E-state index >= 15 is 0 Å². The van der Waals surface area contributed by atoms with E-state index in [2.05, 4.69) is 4.90 Å². The Labute approximate surface area is 151 Å². The van der Waals surface area contributed by atoms with Gasteiger partial charge in [-0.2, -0.15) is 5.26 Å². The summed E-state index contributed by atoms with van der Waals surface area (Å²) in [7, 11) is 0. The average Bonchev–Trinajstić information content (AvgIpc) is 2.64. The molecule has 2 aromatic carbocycles. The Morgan fingerprint density at radius 1 is 1.16 bits per heavy atom. The van der Waals surface area contributed by atoms with Crippen LogP contribution in [0.25, 0.3) is 0 Å². The van der Waals surface area contributed by atoms with Crippen LogP contribution in [0.1, 0.15) is 21.5 Å². The molecule has 25 heavy (non-hydrogen) atoms. The van der Waals surface area contributed by atoms with Crippen molar-refractivity contribution in [3.05, 3.63) is 70.0 Å². The maximum Gasteiger partial charge on any atom is 0.255 e. The second kappa shape index (κ2) is 7.64. The number of hydrogen-bond acceptors (Lipinski definition) is 3. The van der Waals surface area contributed by atoms with Crippen molar-refractivity contribution < 1.29 is 9.18 Å². The minimum atomic E-state index is -0.312. The molecule has 0 aromatic heterocycles. The first-order chi connectivity index (χ1) is 12.1. The smallest absolute Gasteiger partial charge is 0.255 e. The molecular weight excluding hydrogens is 341 g/mol. The van der Waals surface area contributed by atoms with Crippen molar-refractivity contribution in [2.24, 2.45) is 0 Å². The number of nitrogens with zero attached hydrogens (tertiary/aromatic N) is 3. The molecule has 1 saturated heterocycles. The summed E-state index contributed by atoms with van der Waals surface area (Å²) in [6.07, 6.45) is 0. The van der Waals surface area contributed by atoms with Crippen LogP contribution in [0.2, 0.25) is 5.02 Å². The Hall–Kier alpha value is -2.42. The van der Waals surface area contributed by atoms with Gasteiger partial charge in [0.25, 0.3) is 5.91 Å². The molecule has 0 aliphatic carbocycles. The topological polar surface area (TPSA) is 47.3 Å². The summed E-state index contributed by atoms with van der Waals surface area (Å²) in [4.78, 5) is 16.4. The van der Waals surface area contributed by atoms with Crippen molar-refractivity contribution in [2.75, 3.05) is 26.2 Å². The molecule has 0 radical (unpaired) electrons. The van der Waals surface area contributed by atoms with Crippen molar-refractivity contribution in [2.45, 2.75) is 6.54 Å². The van der Waals surface area contributed by atoms with Crippen LogP contribution in [0, 0.1) is 17.1 Å². The van der Waals surface area contributed by atoms with Gasteiger partial charge in [-0.1, -0.05) is 23.7 Å². The van der Waals surface area contributed by atoms with Gasteiger partial charge in [0, 0.05) is 38.3 Å². The lowest BCUT2D eigenvalue weighted by molar-refractivity contribution is 0.0627. The van der Waals surface area contributed by atoms with E-state index in [0.29, 0.717) is 54.4 Å². The van der Waals surface area contributed by atoms with Gasteiger partial charge in [-0.3, -0.25) is 9.69 Å². The average molecular weight is 358 g/mol. The molecule has 0 spiro atoms. The highest BCUT2D eigenvalue weighted by molar-refractivity contribution is 6.33. The summed E-state index contributed by atoms with van der Waals surface area (Å²) >= 11 is 6.09. The number of carbonyl (C=O) groups is 1. The number of nitriles is 1. The molecule has 1 fully saturated rings. The van der Waals surface area contributed by atoms with Crippen molar-refractivity contribution in [3.8, 4) is 6.07 Å². The number of carbonyl (C=O) groups excluding carboxylic acids is 1. The van der Waals surface area contributed by atoms with E-state index in [-0.39, 0.29) is 11.7 Å². The zero-order valence-corrected chi connectivity index (χ0v) is 14.3. The highest BCUT2D eigenvalue weighted by Crippen LogP contribution is 2.19. The Kier molecular flexibility index (Phi) is 5.32. The van der Waals surface area contributed by atoms with Gasteiger partial charge in [0.15, 0.2) is 0 Å². The molecule has 6 heteroatoms. The van der Waals surface area contributed by atoms with Crippen LogP contribution in [-0.4, -0.2) is 41.9 Å². The summed E-state index contributed by atoms with van der Waals surface area (Å²) in [6, 6.07) is 13.4. The van der Waals surface area contributed by atoms with E-state index in [9.17, 15) is 9.18 Å². The quantitative estimate of drug-likeness (QED) is 0.846. The van der Waals surface area contributed by atoms with Crippen LogP contribution in [0.4, 0.5) is 4.39 Å². The predicted octanol–water partition coefficient (Wildman–Crippen LogP) is 3.31. The monoisotopic (exact) mass is 357 g/mol. The van der Waals surface area contributed by atoms with Crippen LogP contribution in [0.5, 0.6) is 0 Å². The number of benzene rings is 2. The van der Waals surface area contributed by atoms with E-state index in [0.717, 1.165) is 0 Å². The third-order valence-corrected chi connectivity index (χ3v) is 4.66. The second-order valence-corrected chi connectivity index (χ2v) is 6.37. The third-order valence-electron chi connectivity index (χ3n) is 4.33. The van der Waals surface area contributed by atoms with Gasteiger partial charge in [0.2, 0.25) is 0 Å². The first-order valence-electron chi connectivity index (χ1n) is 8.03. The lowest BCUT2D eigenvalue weighted by Crippen LogP contribution is -2.48. The summed E-state index contributed by atoms with van der Waals surface area (Å²) in [5.74, 6) is -0.392. The van der Waals surface area contributed by atoms with Crippen LogP contribution in [0.3, 0.4) is 0 Å². The first kappa shape index (κ1) is 17.4. The molecule has 0 bridgehead atoms. The zero-order chi connectivity index (χ0) is 17.8. The third kappa shape index (κ3) is 3.98. The number of hydrogen-bond donors (Lipinski definition) is 0. The molecule has 0 saturated carbocycles. The van der Waals surface area contributed by atoms with Gasteiger partial charge < -0.3 is 4.90 Å². The number of rotatable bonds is 3. The van der Waals surface area contributed by atoms with Gasteiger partial charge in [0.05, 0.1) is 22.2 Å². The molecule has 1 amide bonds. The van der Waals surface area contributed by atoms with Gasteiger partial charge in [-0.15, -0.1) is 0 Å². The van der Waals surface area contributed by atoms with Crippen LogP contribution >= 0.6 is 11.6 Å². The van der Waals surface area contributed by atoms with Gasteiger partial charge in [-0.25, -0.2) is 4.39 Å². The number of amides is 1. The van der Waals surface area contributed by atoms with Gasteiger partial charge in [-0.05, 0) is 30.3 Å². The number of piperazine rings is 1. The maximum atomic E-state index is 13.9. The molecule has 3 rings (SSSR count). The molecule has 2 aromatic rings. The molecule has 1 heterocycles. The molecule has 1 aliphatic rings. The normalized spacial score (nSPS) is 15.0. The van der Waals surface area contributed by atoms with E-state index in [1.807, 2.05) is 6.07 Å². The summed E-state index contributed by atoms with van der Waals surface area (Å²) < 4.78 is 13.9. The van der Waals surface area contributed by atoms with Gasteiger partial charge >= 0.3 is 0 Å². The minimum Gasteiger partial charge on any atom is -0.336 e. The van der Waals surface area contributed by atoms with E-state index in [1.165, 1.54) is 12.1 Å². The Bertz CT molecular complexity index is 826. The Morgan fingerprint density at radius 3 is 2.56 bits per heavy atom. The molecule has 0 atom stereocenters. The molecule has 1 aliphatic heterocycles. The van der Waals surface area contributed by atoms with Crippen molar-refractivity contribution >= 4 is 17.5 Å². The minimum absolute atomic E-state index is 0.0806. The fraction of sp³-hybridized carbons (Fsp3) is 0.263. The van der Waals surface area contributed by atoms with Crippen molar-refractivity contribution in [3.63, 3.8) is 0 Å². The molecule has 0 N–H and O–H groups in total. The molecular formula is C19H17ClFN3O. The van der Waals surface area contributed by atoms with E-state index in [1.54, 1.807) is 35.2 Å². The first-order valence-corrected chi connectivity index (χ1v) is 8.41. The number of halogens is 2. The van der Waals surface area contributed by atoms with Crippen molar-refractivity contribution in [1.29, 1.82) is 5.26 Å². The lowest BCUT2D eigenvalue weighted by atomic mass is 10.1. The van der Waals surface area contributed by atoms with E-state index < -0.39 is 0 Å². The molecule has 128 valence electrons.